The van der Waals surface area contributed by atoms with Crippen LogP contribution in [0.2, 0.25) is 0 Å². The molecule has 0 bridgehead atoms. The van der Waals surface area contributed by atoms with Crippen LogP contribution in [-0.4, -0.2) is 12.6 Å². The zero-order valence-corrected chi connectivity index (χ0v) is 7.10. The van der Waals surface area contributed by atoms with E-state index in [1.165, 1.54) is 25.8 Å². The van der Waals surface area contributed by atoms with Crippen LogP contribution >= 0.6 is 0 Å². The van der Waals surface area contributed by atoms with E-state index in [1.54, 1.807) is 19.3 Å². The van der Waals surface area contributed by atoms with Crippen molar-refractivity contribution in [3.63, 3.8) is 0 Å². The average molecular weight is 151 g/mol. The molecule has 1 N–H and O–H groups in total. The van der Waals surface area contributed by atoms with Crippen molar-refractivity contribution in [2.75, 3.05) is 6.54 Å². The smallest absolute Gasteiger partial charge is 0.0101 e. The van der Waals surface area contributed by atoms with Crippen molar-refractivity contribution >= 4 is 0 Å². The van der Waals surface area contributed by atoms with Gasteiger partial charge in [-0.25, -0.2) is 0 Å². The molecule has 2 atom stereocenters. The highest BCUT2D eigenvalue weighted by atomic mass is 15.0. The Kier molecular flexibility index (Phi) is 1.18. The van der Waals surface area contributed by atoms with Gasteiger partial charge in [-0.15, -0.1) is 0 Å². The second kappa shape index (κ2) is 2.01. The fourth-order valence-corrected chi connectivity index (χ4v) is 3.19. The molecule has 0 radical (unpaired) electrons. The van der Waals surface area contributed by atoms with E-state index in [9.17, 15) is 0 Å². The Morgan fingerprint density at radius 1 is 1.18 bits per heavy atom. The third-order valence-corrected chi connectivity index (χ3v) is 4.03. The van der Waals surface area contributed by atoms with Gasteiger partial charge in [0.05, 0.1) is 0 Å². The van der Waals surface area contributed by atoms with Crippen LogP contribution in [0, 0.1) is 11.3 Å². The summed E-state index contributed by atoms with van der Waals surface area (Å²) < 4.78 is 0. The van der Waals surface area contributed by atoms with E-state index in [4.69, 9.17) is 0 Å². The Morgan fingerprint density at radius 2 is 2.09 bits per heavy atom. The number of piperidine rings is 1. The zero-order valence-electron chi connectivity index (χ0n) is 7.10. The molecule has 2 unspecified atom stereocenters. The summed E-state index contributed by atoms with van der Waals surface area (Å²) in [6.45, 7) is 1.29. The van der Waals surface area contributed by atoms with E-state index >= 15 is 0 Å². The maximum absolute atomic E-state index is 3.68. The predicted molar refractivity (Wildman–Crippen MR) is 45.4 cm³/mol. The topological polar surface area (TPSA) is 12.0 Å². The summed E-state index contributed by atoms with van der Waals surface area (Å²) in [4.78, 5) is 0. The fraction of sp³-hybridized carbons (Fsp3) is 1.00. The monoisotopic (exact) mass is 151 g/mol. The summed E-state index contributed by atoms with van der Waals surface area (Å²) in [6.07, 6.45) is 9.10. The molecule has 11 heavy (non-hydrogen) atoms. The molecular weight excluding hydrogens is 134 g/mol. The number of hydrogen-bond acceptors (Lipinski definition) is 1. The van der Waals surface area contributed by atoms with Crippen molar-refractivity contribution in [3.05, 3.63) is 0 Å². The van der Waals surface area contributed by atoms with Crippen molar-refractivity contribution in [1.29, 1.82) is 0 Å². The summed E-state index contributed by atoms with van der Waals surface area (Å²) >= 11 is 0. The van der Waals surface area contributed by atoms with Crippen molar-refractivity contribution in [3.8, 4) is 0 Å². The largest absolute Gasteiger partial charge is 0.314 e. The normalized spacial score (nSPS) is 45.8. The van der Waals surface area contributed by atoms with E-state index in [2.05, 4.69) is 5.32 Å². The lowest BCUT2D eigenvalue weighted by Gasteiger charge is -2.25. The SMILES string of the molecule is C1CNC2CC3(CC3)CC2C1. The maximum atomic E-state index is 3.68. The Morgan fingerprint density at radius 3 is 2.82 bits per heavy atom. The van der Waals surface area contributed by atoms with Gasteiger partial charge in [0.1, 0.15) is 0 Å². The van der Waals surface area contributed by atoms with Gasteiger partial charge in [-0.2, -0.15) is 0 Å². The first kappa shape index (κ1) is 6.47. The molecule has 3 fully saturated rings. The summed E-state index contributed by atoms with van der Waals surface area (Å²) in [7, 11) is 0. The Labute approximate surface area is 68.6 Å². The van der Waals surface area contributed by atoms with Crippen LogP contribution < -0.4 is 5.32 Å². The third kappa shape index (κ3) is 0.936. The fourth-order valence-electron chi connectivity index (χ4n) is 3.19. The first-order valence-corrected chi connectivity index (χ1v) is 5.11. The van der Waals surface area contributed by atoms with Crippen LogP contribution in [0.4, 0.5) is 0 Å². The maximum Gasteiger partial charge on any atom is 0.0101 e. The van der Waals surface area contributed by atoms with E-state index in [0.29, 0.717) is 0 Å². The molecule has 62 valence electrons. The van der Waals surface area contributed by atoms with Gasteiger partial charge >= 0.3 is 0 Å². The second-order valence-corrected chi connectivity index (χ2v) is 4.87. The Balaban J connectivity index is 1.77. The summed E-state index contributed by atoms with van der Waals surface area (Å²) in [5.74, 6) is 1.06. The highest BCUT2D eigenvalue weighted by molar-refractivity contribution is 5.06. The lowest BCUT2D eigenvalue weighted by Crippen LogP contribution is -2.37. The number of rotatable bonds is 0. The summed E-state index contributed by atoms with van der Waals surface area (Å²) in [5, 5.41) is 3.68. The summed E-state index contributed by atoms with van der Waals surface area (Å²) in [6, 6.07) is 0.922. The van der Waals surface area contributed by atoms with Crippen molar-refractivity contribution < 1.29 is 0 Å². The first-order chi connectivity index (χ1) is 5.38. The molecule has 2 saturated carbocycles. The molecule has 1 spiro atoms. The van der Waals surface area contributed by atoms with E-state index < -0.39 is 0 Å². The van der Waals surface area contributed by atoms with E-state index in [0.717, 1.165) is 17.4 Å². The third-order valence-electron chi connectivity index (χ3n) is 4.03. The molecule has 0 amide bonds. The van der Waals surface area contributed by atoms with Gasteiger partial charge in [-0.3, -0.25) is 0 Å². The van der Waals surface area contributed by atoms with Gasteiger partial charge in [-0.1, -0.05) is 0 Å². The van der Waals surface area contributed by atoms with Crippen molar-refractivity contribution in [1.82, 2.24) is 5.32 Å². The van der Waals surface area contributed by atoms with Crippen LogP contribution in [-0.2, 0) is 0 Å². The first-order valence-electron chi connectivity index (χ1n) is 5.11. The second-order valence-electron chi connectivity index (χ2n) is 4.87. The molecule has 0 aromatic heterocycles. The van der Waals surface area contributed by atoms with Crippen LogP contribution in [0.5, 0.6) is 0 Å². The van der Waals surface area contributed by atoms with Gasteiger partial charge in [0, 0.05) is 6.04 Å². The molecule has 1 nitrogen and oxygen atoms in total. The van der Waals surface area contributed by atoms with E-state index in [1.807, 2.05) is 0 Å². The quantitative estimate of drug-likeness (QED) is 0.558. The zero-order chi connectivity index (χ0) is 7.31. The van der Waals surface area contributed by atoms with Crippen LogP contribution in [0.1, 0.15) is 38.5 Å². The Hall–Kier alpha value is -0.0400. The van der Waals surface area contributed by atoms with Crippen LogP contribution in [0.25, 0.3) is 0 Å². The van der Waals surface area contributed by atoms with E-state index in [-0.39, 0.29) is 0 Å². The standard InChI is InChI=1S/C10H17N/c1-2-8-6-10(3-4-10)7-9(8)11-5-1/h8-9,11H,1-7H2. The minimum atomic E-state index is 0.868. The Bertz CT molecular complexity index is 156. The molecule has 2 aliphatic carbocycles. The molecule has 1 heterocycles. The van der Waals surface area contributed by atoms with Gasteiger partial charge in [0.15, 0.2) is 0 Å². The van der Waals surface area contributed by atoms with Crippen molar-refractivity contribution in [2.45, 2.75) is 44.6 Å². The van der Waals surface area contributed by atoms with Crippen LogP contribution in [0.15, 0.2) is 0 Å². The van der Waals surface area contributed by atoms with Gasteiger partial charge in [0.25, 0.3) is 0 Å². The molecular formula is C10H17N. The molecule has 3 aliphatic rings. The summed E-state index contributed by atoms with van der Waals surface area (Å²) in [5.41, 5.74) is 0.868. The molecule has 3 rings (SSSR count). The lowest BCUT2D eigenvalue weighted by atomic mass is 9.93. The molecule has 1 aliphatic heterocycles. The minimum Gasteiger partial charge on any atom is -0.314 e. The van der Waals surface area contributed by atoms with Crippen LogP contribution in [0.3, 0.4) is 0 Å². The highest BCUT2D eigenvalue weighted by Gasteiger charge is 2.52. The predicted octanol–water partition coefficient (Wildman–Crippen LogP) is 1.93. The minimum absolute atomic E-state index is 0.868. The molecule has 0 aromatic rings. The average Bonchev–Trinajstić information content (AvgIpc) is 2.66. The number of nitrogens with one attached hydrogen (secondary N) is 1. The molecule has 1 heteroatoms. The lowest BCUT2D eigenvalue weighted by molar-refractivity contribution is 0.318. The highest BCUT2D eigenvalue weighted by Crippen LogP contribution is 2.60. The number of fused-ring (bicyclic) bond motifs is 1. The molecule has 1 saturated heterocycles. The van der Waals surface area contributed by atoms with Gasteiger partial charge in [-0.05, 0) is 56.4 Å². The van der Waals surface area contributed by atoms with Crippen molar-refractivity contribution in [2.24, 2.45) is 11.3 Å². The van der Waals surface area contributed by atoms with Gasteiger partial charge in [0.2, 0.25) is 0 Å². The van der Waals surface area contributed by atoms with Gasteiger partial charge < -0.3 is 5.32 Å². The number of hydrogen-bond donors (Lipinski definition) is 1. The molecule has 0 aromatic carbocycles.